The van der Waals surface area contributed by atoms with E-state index in [1.54, 1.807) is 10.8 Å². The molecule has 35 heavy (non-hydrogen) atoms. The van der Waals surface area contributed by atoms with E-state index < -0.39 is 0 Å². The quantitative estimate of drug-likeness (QED) is 0.476. The number of hydrogen-bond donors (Lipinski definition) is 3. The molecule has 0 amide bonds. The highest BCUT2D eigenvalue weighted by molar-refractivity contribution is 5.93. The molecule has 0 aromatic carbocycles. The van der Waals surface area contributed by atoms with Crippen molar-refractivity contribution in [3.63, 3.8) is 0 Å². The Kier molecular flexibility index (Phi) is 7.26. The lowest BCUT2D eigenvalue weighted by Crippen LogP contribution is -2.39. The summed E-state index contributed by atoms with van der Waals surface area (Å²) in [5, 5.41) is 18.2. The molecule has 0 radical (unpaired) electrons. The van der Waals surface area contributed by atoms with Gasteiger partial charge in [-0.25, -0.2) is 9.97 Å². The molecule has 3 N–H and O–H groups in total. The summed E-state index contributed by atoms with van der Waals surface area (Å²) in [5.41, 5.74) is 1.06. The fourth-order valence-corrected chi connectivity index (χ4v) is 4.87. The largest absolute Gasteiger partial charge is 0.393 e. The molecule has 3 aromatic heterocycles. The third kappa shape index (κ3) is 5.80. The minimum atomic E-state index is -0.240. The van der Waals surface area contributed by atoms with Gasteiger partial charge in [-0.05, 0) is 67.8 Å². The zero-order valence-electron chi connectivity index (χ0n) is 20.2. The molecule has 1 aliphatic heterocycles. The number of nitrogens with zero attached hydrogens (tertiary/aromatic N) is 4. The van der Waals surface area contributed by atoms with Crippen molar-refractivity contribution in [2.75, 3.05) is 43.5 Å². The number of aliphatic hydroxyl groups excluding tert-OH is 1. The number of nitrogens with one attached hydrogen (secondary N) is 2. The Balaban J connectivity index is 1.46. The number of hydrogen-bond acceptors (Lipinski definition) is 8. The minimum absolute atomic E-state index is 0.0400. The fourth-order valence-electron chi connectivity index (χ4n) is 4.87. The van der Waals surface area contributed by atoms with E-state index >= 15 is 0 Å². The number of rotatable bonds is 7. The molecular weight excluding hydrogens is 444 g/mol. The average Bonchev–Trinajstić information content (AvgIpc) is 2.85. The first kappa shape index (κ1) is 23.7. The van der Waals surface area contributed by atoms with Crippen molar-refractivity contribution in [3.8, 4) is 0 Å². The molecule has 0 atom stereocenters. The van der Waals surface area contributed by atoms with Gasteiger partial charge in [0.05, 0.1) is 24.7 Å². The predicted octanol–water partition coefficient (Wildman–Crippen LogP) is 2.89. The van der Waals surface area contributed by atoms with E-state index in [1.165, 1.54) is 0 Å². The van der Waals surface area contributed by atoms with Gasteiger partial charge in [0.15, 0.2) is 0 Å². The normalized spacial score (nSPS) is 21.2. The molecule has 1 aliphatic carbocycles. The van der Waals surface area contributed by atoms with Gasteiger partial charge < -0.3 is 25.0 Å². The second-order valence-corrected chi connectivity index (χ2v) is 9.58. The van der Waals surface area contributed by atoms with Crippen LogP contribution in [0, 0.1) is 6.92 Å². The van der Waals surface area contributed by atoms with Crippen LogP contribution in [0.15, 0.2) is 41.5 Å². The monoisotopic (exact) mass is 478 g/mol. The molecular formula is C26H34N6O3. The Morgan fingerprint density at radius 3 is 2.66 bits per heavy atom. The van der Waals surface area contributed by atoms with Crippen molar-refractivity contribution in [3.05, 3.63) is 52.6 Å². The van der Waals surface area contributed by atoms with Crippen molar-refractivity contribution in [1.29, 1.82) is 0 Å². The standard InChI is InChI=1S/C26H34N6O3/c1-18-6-8-27-22(16-18)29-23-17-19-7-9-32(11-10-31-12-14-35-15-13-31)26(34)24(19)25(30-23)28-20-2-4-21(33)5-3-20/h6-9,16-17,20-21,33H,2-5,10-15H2,1H3,(H2,27,28,29,30). The van der Waals surface area contributed by atoms with Crippen LogP contribution in [0.4, 0.5) is 17.5 Å². The maximum Gasteiger partial charge on any atom is 0.262 e. The van der Waals surface area contributed by atoms with Crippen LogP contribution in [-0.4, -0.2) is 69.5 Å². The Bertz CT molecular complexity index is 1220. The van der Waals surface area contributed by atoms with Gasteiger partial charge in [0.25, 0.3) is 5.56 Å². The molecule has 1 saturated carbocycles. The topological polar surface area (TPSA) is 105 Å². The van der Waals surface area contributed by atoms with Crippen LogP contribution in [0.2, 0.25) is 0 Å². The van der Waals surface area contributed by atoms with Crippen LogP contribution in [0.5, 0.6) is 0 Å². The van der Waals surface area contributed by atoms with Crippen LogP contribution < -0.4 is 16.2 Å². The van der Waals surface area contributed by atoms with Gasteiger partial charge >= 0.3 is 0 Å². The van der Waals surface area contributed by atoms with Crippen LogP contribution in [0.3, 0.4) is 0 Å². The molecule has 0 unspecified atom stereocenters. The number of anilines is 3. The molecule has 3 aromatic rings. The van der Waals surface area contributed by atoms with Crippen molar-refractivity contribution < 1.29 is 9.84 Å². The highest BCUT2D eigenvalue weighted by Gasteiger charge is 2.22. The summed E-state index contributed by atoms with van der Waals surface area (Å²) < 4.78 is 7.22. The lowest BCUT2D eigenvalue weighted by molar-refractivity contribution is 0.0363. The molecule has 2 aliphatic rings. The number of morpholine rings is 1. The summed E-state index contributed by atoms with van der Waals surface area (Å²) in [6.07, 6.45) is 6.60. The first-order chi connectivity index (χ1) is 17.0. The Hall–Kier alpha value is -3.01. The van der Waals surface area contributed by atoms with Gasteiger partial charge in [-0.3, -0.25) is 9.69 Å². The average molecular weight is 479 g/mol. The van der Waals surface area contributed by atoms with E-state index in [4.69, 9.17) is 9.72 Å². The van der Waals surface area contributed by atoms with Crippen LogP contribution in [-0.2, 0) is 11.3 Å². The second-order valence-electron chi connectivity index (χ2n) is 9.58. The van der Waals surface area contributed by atoms with Crippen molar-refractivity contribution in [2.24, 2.45) is 0 Å². The fraction of sp³-hybridized carbons (Fsp3) is 0.500. The highest BCUT2D eigenvalue weighted by atomic mass is 16.5. The van der Waals surface area contributed by atoms with Crippen LogP contribution in [0.25, 0.3) is 10.8 Å². The summed E-state index contributed by atoms with van der Waals surface area (Å²) in [6, 6.07) is 7.97. The maximum atomic E-state index is 13.6. The summed E-state index contributed by atoms with van der Waals surface area (Å²) in [7, 11) is 0. The SMILES string of the molecule is Cc1ccnc(Nc2cc3ccn(CCN4CCOCC4)c(=O)c3c(NC3CCC(O)CC3)n2)c1. The smallest absolute Gasteiger partial charge is 0.262 e. The van der Waals surface area contributed by atoms with Gasteiger partial charge in [-0.15, -0.1) is 0 Å². The van der Waals surface area contributed by atoms with Crippen LogP contribution in [0.1, 0.15) is 31.2 Å². The Morgan fingerprint density at radius 1 is 1.09 bits per heavy atom. The lowest BCUT2D eigenvalue weighted by atomic mass is 9.93. The first-order valence-corrected chi connectivity index (χ1v) is 12.5. The summed E-state index contributed by atoms with van der Waals surface area (Å²) >= 11 is 0. The molecule has 9 nitrogen and oxygen atoms in total. The molecule has 5 rings (SSSR count). The molecule has 2 fully saturated rings. The molecule has 186 valence electrons. The zero-order valence-corrected chi connectivity index (χ0v) is 20.2. The number of ether oxygens (including phenoxy) is 1. The van der Waals surface area contributed by atoms with E-state index in [9.17, 15) is 9.90 Å². The summed E-state index contributed by atoms with van der Waals surface area (Å²) in [6.45, 7) is 6.72. The molecule has 9 heteroatoms. The summed E-state index contributed by atoms with van der Waals surface area (Å²) in [4.78, 5) is 25.1. The van der Waals surface area contributed by atoms with Crippen molar-refractivity contribution in [1.82, 2.24) is 19.4 Å². The third-order valence-corrected chi connectivity index (χ3v) is 6.93. The van der Waals surface area contributed by atoms with Gasteiger partial charge in [-0.2, -0.15) is 0 Å². The predicted molar refractivity (Wildman–Crippen MR) is 137 cm³/mol. The van der Waals surface area contributed by atoms with Crippen LogP contribution >= 0.6 is 0 Å². The van der Waals surface area contributed by atoms with Crippen molar-refractivity contribution >= 4 is 28.2 Å². The minimum Gasteiger partial charge on any atom is -0.393 e. The number of pyridine rings is 3. The molecule has 0 spiro atoms. The van der Waals surface area contributed by atoms with Gasteiger partial charge in [0.2, 0.25) is 0 Å². The van der Waals surface area contributed by atoms with Crippen molar-refractivity contribution in [2.45, 2.75) is 51.3 Å². The van der Waals surface area contributed by atoms with E-state index in [0.717, 1.165) is 69.5 Å². The molecule has 1 saturated heterocycles. The van der Waals surface area contributed by atoms with E-state index in [-0.39, 0.29) is 17.7 Å². The Labute approximate surface area is 205 Å². The number of aliphatic hydroxyl groups is 1. The van der Waals surface area contributed by atoms with E-state index in [2.05, 4.69) is 20.5 Å². The highest BCUT2D eigenvalue weighted by Crippen LogP contribution is 2.27. The molecule has 0 bridgehead atoms. The van der Waals surface area contributed by atoms with Gasteiger partial charge in [-0.1, -0.05) is 0 Å². The first-order valence-electron chi connectivity index (χ1n) is 12.5. The van der Waals surface area contributed by atoms with Gasteiger partial charge in [0.1, 0.15) is 17.5 Å². The number of aryl methyl sites for hydroxylation is 1. The lowest BCUT2D eigenvalue weighted by Gasteiger charge is -2.27. The zero-order chi connectivity index (χ0) is 24.2. The second kappa shape index (κ2) is 10.7. The van der Waals surface area contributed by atoms with Gasteiger partial charge in [0, 0.05) is 44.6 Å². The van der Waals surface area contributed by atoms with E-state index in [0.29, 0.717) is 29.4 Å². The molecule has 4 heterocycles. The number of fused-ring (bicyclic) bond motifs is 1. The Morgan fingerprint density at radius 2 is 1.89 bits per heavy atom. The summed E-state index contributed by atoms with van der Waals surface area (Å²) in [5.74, 6) is 1.94. The van der Waals surface area contributed by atoms with E-state index in [1.807, 2.05) is 37.4 Å². The third-order valence-electron chi connectivity index (χ3n) is 6.93. The number of aromatic nitrogens is 3. The maximum absolute atomic E-state index is 13.6.